The van der Waals surface area contributed by atoms with Crippen molar-refractivity contribution in [1.82, 2.24) is 4.31 Å². The number of benzene rings is 2. The zero-order valence-electron chi connectivity index (χ0n) is 21.4. The number of nitrogens with zero attached hydrogens (tertiary/aromatic N) is 1. The second-order valence-corrected chi connectivity index (χ2v) is 11.3. The Morgan fingerprint density at radius 1 is 1.08 bits per heavy atom. The lowest BCUT2D eigenvalue weighted by Gasteiger charge is -2.59. The smallest absolute Gasteiger partial charge is 0.385 e. The average molecular weight is 569 g/mol. The van der Waals surface area contributed by atoms with Crippen molar-refractivity contribution in [2.75, 3.05) is 19.8 Å². The fraction of sp³-hybridized carbons (Fsp3) is 0.462. The lowest BCUT2D eigenvalue weighted by Crippen LogP contribution is -2.72. The van der Waals surface area contributed by atoms with Crippen molar-refractivity contribution >= 4 is 33.8 Å². The lowest BCUT2D eigenvalue weighted by atomic mass is 9.51. The third-order valence-electron chi connectivity index (χ3n) is 7.67. The molecule has 3 rings (SSSR count). The molecule has 208 valence electrons. The van der Waals surface area contributed by atoms with Gasteiger partial charge in [-0.2, -0.15) is 12.7 Å². The van der Waals surface area contributed by atoms with E-state index in [0.29, 0.717) is 5.56 Å². The van der Waals surface area contributed by atoms with Crippen molar-refractivity contribution < 1.29 is 37.1 Å². The number of piperidine rings is 1. The van der Waals surface area contributed by atoms with Crippen LogP contribution < -0.4 is 9.92 Å². The standard InChI is InChI=1S/C26H33ClN2O8S/c1-4-26(24(32)33)21(16-36-15-14-28)29(38(34,35)37-18-10-6-5-7-11-18)17(2)25(3,23(30)31)22(26)19-12-8-9-13-20(19)27/h5-13,17,21-22H,4,14-16,28H2,1-3H3,(H,30,31)(H,32,33). The van der Waals surface area contributed by atoms with Gasteiger partial charge >= 0.3 is 22.2 Å². The molecule has 0 aromatic heterocycles. The van der Waals surface area contributed by atoms with Crippen molar-refractivity contribution in [1.29, 1.82) is 0 Å². The molecule has 5 atom stereocenters. The number of hydrogen-bond donors (Lipinski definition) is 3. The fourth-order valence-corrected chi connectivity index (χ4v) is 7.54. The SMILES string of the molecule is CCC1(C(=O)O)C(COCCN)N(S(=O)(=O)Oc2ccccc2)C(C)C(C)(C(=O)O)C1c1ccccc1Cl. The van der Waals surface area contributed by atoms with Gasteiger partial charge in [0, 0.05) is 23.5 Å². The molecule has 38 heavy (non-hydrogen) atoms. The third kappa shape index (κ3) is 5.01. The molecule has 2 aromatic carbocycles. The molecule has 1 fully saturated rings. The minimum Gasteiger partial charge on any atom is -0.481 e. The molecule has 0 spiro atoms. The summed E-state index contributed by atoms with van der Waals surface area (Å²) in [5.74, 6) is -4.02. The Bertz CT molecular complexity index is 1260. The van der Waals surface area contributed by atoms with Gasteiger partial charge in [0.1, 0.15) is 5.75 Å². The molecule has 1 heterocycles. The Balaban J connectivity index is 2.37. The largest absolute Gasteiger partial charge is 0.481 e. The van der Waals surface area contributed by atoms with Gasteiger partial charge in [-0.3, -0.25) is 9.59 Å². The van der Waals surface area contributed by atoms with Crippen LogP contribution in [-0.2, 0) is 24.6 Å². The van der Waals surface area contributed by atoms with Crippen LogP contribution in [0, 0.1) is 10.8 Å². The molecule has 0 bridgehead atoms. The highest BCUT2D eigenvalue weighted by molar-refractivity contribution is 7.84. The lowest BCUT2D eigenvalue weighted by molar-refractivity contribution is -0.183. The Morgan fingerprint density at radius 3 is 2.21 bits per heavy atom. The van der Waals surface area contributed by atoms with Crippen LogP contribution in [0.25, 0.3) is 0 Å². The summed E-state index contributed by atoms with van der Waals surface area (Å²) in [5.41, 5.74) is 1.95. The van der Waals surface area contributed by atoms with Gasteiger partial charge in [-0.25, -0.2) is 0 Å². The number of aliphatic carboxylic acids is 2. The van der Waals surface area contributed by atoms with E-state index >= 15 is 0 Å². The van der Waals surface area contributed by atoms with Crippen molar-refractivity contribution in [2.45, 2.75) is 45.2 Å². The maximum atomic E-state index is 13.9. The number of hydrogen-bond acceptors (Lipinski definition) is 7. The number of nitrogens with two attached hydrogens (primary N) is 1. The fourth-order valence-electron chi connectivity index (χ4n) is 5.69. The van der Waals surface area contributed by atoms with E-state index in [1.165, 1.54) is 26.0 Å². The first-order chi connectivity index (χ1) is 17.9. The van der Waals surface area contributed by atoms with E-state index in [0.717, 1.165) is 4.31 Å². The predicted molar refractivity (Wildman–Crippen MR) is 141 cm³/mol. The molecule has 5 unspecified atom stereocenters. The summed E-state index contributed by atoms with van der Waals surface area (Å²) in [7, 11) is -4.74. The first-order valence-electron chi connectivity index (χ1n) is 12.2. The van der Waals surface area contributed by atoms with Gasteiger partial charge < -0.3 is 24.9 Å². The molecule has 4 N–H and O–H groups in total. The van der Waals surface area contributed by atoms with Crippen LogP contribution >= 0.6 is 11.6 Å². The van der Waals surface area contributed by atoms with E-state index in [1.54, 1.807) is 49.4 Å². The van der Waals surface area contributed by atoms with Crippen LogP contribution in [0.15, 0.2) is 54.6 Å². The molecule has 0 amide bonds. The first-order valence-corrected chi connectivity index (χ1v) is 13.9. The van der Waals surface area contributed by atoms with Crippen molar-refractivity contribution in [3.05, 3.63) is 65.2 Å². The van der Waals surface area contributed by atoms with E-state index in [2.05, 4.69) is 0 Å². The second-order valence-electron chi connectivity index (χ2n) is 9.48. The van der Waals surface area contributed by atoms with E-state index in [1.807, 2.05) is 0 Å². The number of rotatable bonds is 11. The minimum absolute atomic E-state index is 0.0102. The molecule has 1 saturated heterocycles. The Morgan fingerprint density at radius 2 is 1.68 bits per heavy atom. The summed E-state index contributed by atoms with van der Waals surface area (Å²) < 4.78 is 39.7. The zero-order chi connectivity index (χ0) is 28.3. The van der Waals surface area contributed by atoms with Crippen molar-refractivity contribution in [3.8, 4) is 5.75 Å². The third-order valence-corrected chi connectivity index (χ3v) is 9.50. The van der Waals surface area contributed by atoms with E-state index < -0.39 is 51.1 Å². The quantitative estimate of drug-likeness (QED) is 0.346. The molecule has 1 aliphatic heterocycles. The Hall–Kier alpha value is -2.70. The van der Waals surface area contributed by atoms with Crippen molar-refractivity contribution in [2.24, 2.45) is 16.6 Å². The summed E-state index contributed by atoms with van der Waals surface area (Å²) >= 11 is 6.54. The highest BCUT2D eigenvalue weighted by Gasteiger charge is 2.70. The number of carboxylic acid groups (broad SMARTS) is 2. The molecule has 2 aromatic rings. The van der Waals surface area contributed by atoms with Gasteiger partial charge in [0.15, 0.2) is 0 Å². The minimum atomic E-state index is -4.74. The Labute approximate surface area is 227 Å². The molecule has 0 saturated carbocycles. The van der Waals surface area contributed by atoms with Crippen LogP contribution in [0.1, 0.15) is 38.7 Å². The highest BCUT2D eigenvalue weighted by atomic mass is 35.5. The van der Waals surface area contributed by atoms with Crippen LogP contribution in [0.3, 0.4) is 0 Å². The van der Waals surface area contributed by atoms with Gasteiger partial charge in [-0.1, -0.05) is 54.9 Å². The van der Waals surface area contributed by atoms with Gasteiger partial charge in [-0.05, 0) is 44.0 Å². The topological polar surface area (TPSA) is 156 Å². The maximum absolute atomic E-state index is 13.9. The van der Waals surface area contributed by atoms with E-state index in [-0.39, 0.29) is 37.0 Å². The molecular weight excluding hydrogens is 536 g/mol. The normalized spacial score (nSPS) is 28.1. The number of para-hydroxylation sites is 1. The molecule has 12 heteroatoms. The molecule has 1 aliphatic rings. The maximum Gasteiger partial charge on any atom is 0.385 e. The Kier molecular flexibility index (Phi) is 9.10. The number of carbonyl (C=O) groups is 2. The monoisotopic (exact) mass is 568 g/mol. The summed E-state index contributed by atoms with van der Waals surface area (Å²) in [6, 6.07) is 11.5. The van der Waals surface area contributed by atoms with Gasteiger partial charge in [0.2, 0.25) is 0 Å². The van der Waals surface area contributed by atoms with Gasteiger partial charge in [0.25, 0.3) is 0 Å². The number of halogens is 1. The summed E-state index contributed by atoms with van der Waals surface area (Å²) in [6.07, 6.45) is -0.137. The second kappa shape index (κ2) is 11.6. The highest BCUT2D eigenvalue weighted by Crippen LogP contribution is 2.61. The zero-order valence-corrected chi connectivity index (χ0v) is 23.0. The molecular formula is C26H33ClN2O8S. The molecule has 0 aliphatic carbocycles. The van der Waals surface area contributed by atoms with Crippen molar-refractivity contribution in [3.63, 3.8) is 0 Å². The van der Waals surface area contributed by atoms with E-state index in [9.17, 15) is 28.2 Å². The van der Waals surface area contributed by atoms with Crippen LogP contribution in [0.5, 0.6) is 5.75 Å². The molecule has 10 nitrogen and oxygen atoms in total. The van der Waals surface area contributed by atoms with Crippen LogP contribution in [0.4, 0.5) is 0 Å². The number of carboxylic acids is 2. The number of ether oxygens (including phenoxy) is 1. The van der Waals surface area contributed by atoms with Gasteiger partial charge in [0.05, 0.1) is 30.1 Å². The van der Waals surface area contributed by atoms with Crippen LogP contribution in [-0.4, -0.2) is 66.7 Å². The van der Waals surface area contributed by atoms with E-state index in [4.69, 9.17) is 26.3 Å². The average Bonchev–Trinajstić information content (AvgIpc) is 2.86. The summed E-state index contributed by atoms with van der Waals surface area (Å²) in [5, 5.41) is 21.6. The molecule has 0 radical (unpaired) electrons. The van der Waals surface area contributed by atoms with Gasteiger partial charge in [-0.15, -0.1) is 0 Å². The predicted octanol–water partition coefficient (Wildman–Crippen LogP) is 3.37. The summed E-state index contributed by atoms with van der Waals surface area (Å²) in [6.45, 7) is 4.14. The van der Waals surface area contributed by atoms with Crippen LogP contribution in [0.2, 0.25) is 5.02 Å². The summed E-state index contributed by atoms with van der Waals surface area (Å²) in [4.78, 5) is 26.4. The first kappa shape index (κ1) is 29.9.